The molecule has 1 aromatic carbocycles. The Hall–Kier alpha value is -2.11. The fourth-order valence-corrected chi connectivity index (χ4v) is 1.93. The smallest absolute Gasteiger partial charge is 0.305 e. The molecule has 0 fully saturated rings. The van der Waals surface area contributed by atoms with Crippen molar-refractivity contribution >= 4 is 17.3 Å². The van der Waals surface area contributed by atoms with Crippen LogP contribution in [0.25, 0.3) is 0 Å². The van der Waals surface area contributed by atoms with Gasteiger partial charge in [0.1, 0.15) is 0 Å². The van der Waals surface area contributed by atoms with Crippen LogP contribution in [-0.4, -0.2) is 22.0 Å². The Morgan fingerprint density at radius 1 is 1.53 bits per heavy atom. The number of aliphatic carboxylic acids is 1. The molecule has 0 amide bonds. The van der Waals surface area contributed by atoms with E-state index in [9.17, 15) is 14.9 Å². The molecule has 0 spiro atoms. The topological polar surface area (TPSA) is 92.5 Å². The molecule has 0 aromatic heterocycles. The number of benzene rings is 1. The molecule has 0 saturated heterocycles. The molecule has 1 aromatic rings. The van der Waals surface area contributed by atoms with Gasteiger partial charge in [-0.1, -0.05) is 13.3 Å². The van der Waals surface area contributed by atoms with E-state index in [4.69, 9.17) is 5.11 Å². The summed E-state index contributed by atoms with van der Waals surface area (Å²) in [5.41, 5.74) is 1.51. The SMILES string of the molecule is CCCC(CC(=O)O)Nc1ccc([N+](=O)[O-])cc1C. The molecule has 0 aliphatic rings. The molecule has 6 nitrogen and oxygen atoms in total. The zero-order valence-electron chi connectivity index (χ0n) is 11.0. The molecule has 104 valence electrons. The van der Waals surface area contributed by atoms with Gasteiger partial charge >= 0.3 is 5.97 Å². The van der Waals surface area contributed by atoms with Crippen LogP contribution < -0.4 is 5.32 Å². The van der Waals surface area contributed by atoms with Crippen LogP contribution in [0.15, 0.2) is 18.2 Å². The maximum atomic E-state index is 10.8. The van der Waals surface area contributed by atoms with Crippen LogP contribution in [0, 0.1) is 17.0 Å². The predicted molar refractivity (Wildman–Crippen MR) is 72.4 cm³/mol. The zero-order valence-corrected chi connectivity index (χ0v) is 11.0. The van der Waals surface area contributed by atoms with Crippen LogP contribution in [0.5, 0.6) is 0 Å². The Kier molecular flexibility index (Phi) is 5.29. The van der Waals surface area contributed by atoms with Gasteiger partial charge in [-0.3, -0.25) is 14.9 Å². The normalized spacial score (nSPS) is 11.9. The van der Waals surface area contributed by atoms with E-state index in [1.807, 2.05) is 6.92 Å². The van der Waals surface area contributed by atoms with Crippen molar-refractivity contribution in [3.05, 3.63) is 33.9 Å². The zero-order chi connectivity index (χ0) is 14.4. The minimum Gasteiger partial charge on any atom is -0.481 e. The quantitative estimate of drug-likeness (QED) is 0.584. The average Bonchev–Trinajstić information content (AvgIpc) is 2.31. The number of non-ortho nitro benzene ring substituents is 1. The molecule has 1 rings (SSSR count). The number of nitrogens with one attached hydrogen (secondary N) is 1. The summed E-state index contributed by atoms with van der Waals surface area (Å²) in [6.45, 7) is 3.75. The number of aryl methyl sites for hydroxylation is 1. The van der Waals surface area contributed by atoms with Crippen LogP contribution >= 0.6 is 0 Å². The largest absolute Gasteiger partial charge is 0.481 e. The monoisotopic (exact) mass is 266 g/mol. The third-order valence-electron chi connectivity index (χ3n) is 2.84. The molecule has 0 bridgehead atoms. The Morgan fingerprint density at radius 2 is 2.21 bits per heavy atom. The minimum absolute atomic E-state index is 0.0320. The van der Waals surface area contributed by atoms with E-state index in [-0.39, 0.29) is 18.2 Å². The summed E-state index contributed by atoms with van der Waals surface area (Å²) in [6, 6.07) is 4.35. The van der Waals surface area contributed by atoms with Crippen molar-refractivity contribution in [1.29, 1.82) is 0 Å². The molecule has 0 aliphatic carbocycles. The summed E-state index contributed by atoms with van der Waals surface area (Å²) in [6.07, 6.45) is 1.64. The van der Waals surface area contributed by atoms with Gasteiger partial charge in [0.05, 0.1) is 11.3 Å². The minimum atomic E-state index is -0.856. The number of nitro benzene ring substituents is 1. The van der Waals surface area contributed by atoms with Crippen molar-refractivity contribution in [1.82, 2.24) is 0 Å². The maximum absolute atomic E-state index is 10.8. The van der Waals surface area contributed by atoms with E-state index in [0.29, 0.717) is 0 Å². The fourth-order valence-electron chi connectivity index (χ4n) is 1.93. The number of hydrogen-bond acceptors (Lipinski definition) is 4. The molecule has 0 radical (unpaired) electrons. The lowest BCUT2D eigenvalue weighted by Gasteiger charge is -2.18. The number of nitrogens with zero attached hydrogens (tertiary/aromatic N) is 1. The van der Waals surface area contributed by atoms with Crippen LogP contribution in [0.3, 0.4) is 0 Å². The Bertz CT molecular complexity index is 474. The molecule has 2 N–H and O–H groups in total. The first-order chi connectivity index (χ1) is 8.93. The van der Waals surface area contributed by atoms with Crippen molar-refractivity contribution < 1.29 is 14.8 Å². The highest BCUT2D eigenvalue weighted by molar-refractivity contribution is 5.68. The molecule has 0 aliphatic heterocycles. The number of rotatable bonds is 7. The predicted octanol–water partition coefficient (Wildman–Crippen LogP) is 2.96. The van der Waals surface area contributed by atoms with Crippen molar-refractivity contribution in [2.24, 2.45) is 0 Å². The first kappa shape index (κ1) is 14.9. The third-order valence-corrected chi connectivity index (χ3v) is 2.84. The number of anilines is 1. The van der Waals surface area contributed by atoms with E-state index in [1.54, 1.807) is 13.0 Å². The summed E-state index contributed by atoms with van der Waals surface area (Å²) in [4.78, 5) is 21.0. The van der Waals surface area contributed by atoms with E-state index < -0.39 is 10.9 Å². The highest BCUT2D eigenvalue weighted by atomic mass is 16.6. The number of carboxylic acid groups (broad SMARTS) is 1. The molecular weight excluding hydrogens is 248 g/mol. The van der Waals surface area contributed by atoms with Crippen molar-refractivity contribution in [2.45, 2.75) is 39.2 Å². The molecule has 1 unspecified atom stereocenters. The van der Waals surface area contributed by atoms with Crippen molar-refractivity contribution in [2.75, 3.05) is 5.32 Å². The van der Waals surface area contributed by atoms with Gasteiger partial charge in [-0.15, -0.1) is 0 Å². The Labute approximate surface area is 111 Å². The van der Waals surface area contributed by atoms with E-state index in [0.717, 1.165) is 24.1 Å². The highest BCUT2D eigenvalue weighted by Gasteiger charge is 2.14. The second kappa shape index (κ2) is 6.72. The molecule has 19 heavy (non-hydrogen) atoms. The molecule has 1 atom stereocenters. The molecular formula is C13H18N2O4. The first-order valence-electron chi connectivity index (χ1n) is 6.17. The van der Waals surface area contributed by atoms with Crippen molar-refractivity contribution in [3.63, 3.8) is 0 Å². The lowest BCUT2D eigenvalue weighted by Crippen LogP contribution is -2.23. The molecule has 0 heterocycles. The fraction of sp³-hybridized carbons (Fsp3) is 0.462. The number of carbonyl (C=O) groups is 1. The van der Waals surface area contributed by atoms with Gasteiger partial charge in [-0.05, 0) is 25.0 Å². The summed E-state index contributed by atoms with van der Waals surface area (Å²) in [5, 5.41) is 22.6. The number of nitro groups is 1. The summed E-state index contributed by atoms with van der Waals surface area (Å²) >= 11 is 0. The van der Waals surface area contributed by atoms with Gasteiger partial charge in [0.25, 0.3) is 5.69 Å². The summed E-state index contributed by atoms with van der Waals surface area (Å²) in [7, 11) is 0. The van der Waals surface area contributed by atoms with Gasteiger partial charge in [-0.25, -0.2) is 0 Å². The van der Waals surface area contributed by atoms with Crippen LogP contribution in [0.4, 0.5) is 11.4 Å². The first-order valence-corrected chi connectivity index (χ1v) is 6.17. The van der Waals surface area contributed by atoms with Crippen LogP contribution in [0.2, 0.25) is 0 Å². The Balaban J connectivity index is 2.84. The van der Waals surface area contributed by atoms with Gasteiger partial charge in [0.15, 0.2) is 0 Å². The highest BCUT2D eigenvalue weighted by Crippen LogP contribution is 2.23. The molecule has 6 heteroatoms. The van der Waals surface area contributed by atoms with Gasteiger partial charge in [-0.2, -0.15) is 0 Å². The third kappa shape index (κ3) is 4.57. The second-order valence-corrected chi connectivity index (χ2v) is 4.48. The Morgan fingerprint density at radius 3 is 2.68 bits per heavy atom. The van der Waals surface area contributed by atoms with Gasteiger partial charge in [0, 0.05) is 23.9 Å². The lowest BCUT2D eigenvalue weighted by molar-refractivity contribution is -0.384. The van der Waals surface area contributed by atoms with E-state index in [2.05, 4.69) is 5.32 Å². The molecule has 0 saturated carbocycles. The number of hydrogen-bond donors (Lipinski definition) is 2. The van der Waals surface area contributed by atoms with Gasteiger partial charge < -0.3 is 10.4 Å². The lowest BCUT2D eigenvalue weighted by atomic mass is 10.1. The van der Waals surface area contributed by atoms with Gasteiger partial charge in [0.2, 0.25) is 0 Å². The van der Waals surface area contributed by atoms with Crippen LogP contribution in [-0.2, 0) is 4.79 Å². The van der Waals surface area contributed by atoms with Crippen LogP contribution in [0.1, 0.15) is 31.7 Å². The van der Waals surface area contributed by atoms with E-state index in [1.165, 1.54) is 12.1 Å². The summed E-state index contributed by atoms with van der Waals surface area (Å²) < 4.78 is 0. The van der Waals surface area contributed by atoms with E-state index >= 15 is 0 Å². The standard InChI is InChI=1S/C13H18N2O4/c1-3-4-10(8-13(16)17)14-12-6-5-11(15(18)19)7-9(12)2/h5-7,10,14H,3-4,8H2,1-2H3,(H,16,17). The maximum Gasteiger partial charge on any atom is 0.305 e. The summed E-state index contributed by atoms with van der Waals surface area (Å²) in [5.74, 6) is -0.856. The average molecular weight is 266 g/mol. The van der Waals surface area contributed by atoms with Crippen molar-refractivity contribution in [3.8, 4) is 0 Å². The second-order valence-electron chi connectivity index (χ2n) is 4.48. The number of carboxylic acids is 1.